The van der Waals surface area contributed by atoms with Crippen LogP contribution >= 0.6 is 0 Å². The SMILES string of the molecule is Cc1ccc(C(O)CCNC2CCCC2)cc1C. The molecule has 1 aromatic rings. The largest absolute Gasteiger partial charge is 0.388 e. The predicted molar refractivity (Wildman–Crippen MR) is 75.8 cm³/mol. The van der Waals surface area contributed by atoms with Crippen LogP contribution in [0.2, 0.25) is 0 Å². The summed E-state index contributed by atoms with van der Waals surface area (Å²) in [5.41, 5.74) is 3.59. The van der Waals surface area contributed by atoms with Crippen molar-refractivity contribution < 1.29 is 5.11 Å². The third-order valence-electron chi connectivity index (χ3n) is 4.12. The van der Waals surface area contributed by atoms with Crippen LogP contribution in [-0.2, 0) is 0 Å². The summed E-state index contributed by atoms with van der Waals surface area (Å²) >= 11 is 0. The Morgan fingerprint density at radius 1 is 1.22 bits per heavy atom. The number of aryl methyl sites for hydroxylation is 2. The first kappa shape index (κ1) is 13.6. The van der Waals surface area contributed by atoms with E-state index in [1.165, 1.54) is 36.8 Å². The molecule has 0 aliphatic heterocycles. The van der Waals surface area contributed by atoms with Crippen molar-refractivity contribution in [3.8, 4) is 0 Å². The third-order valence-corrected chi connectivity index (χ3v) is 4.12. The second-order valence-corrected chi connectivity index (χ2v) is 5.58. The minimum absolute atomic E-state index is 0.335. The zero-order valence-electron chi connectivity index (χ0n) is 11.6. The molecular weight excluding hydrogens is 222 g/mol. The molecule has 0 heterocycles. The van der Waals surface area contributed by atoms with E-state index in [-0.39, 0.29) is 6.10 Å². The van der Waals surface area contributed by atoms with E-state index in [4.69, 9.17) is 0 Å². The van der Waals surface area contributed by atoms with Gasteiger partial charge in [0.25, 0.3) is 0 Å². The van der Waals surface area contributed by atoms with Crippen LogP contribution in [0.1, 0.15) is 54.9 Å². The quantitative estimate of drug-likeness (QED) is 0.837. The van der Waals surface area contributed by atoms with E-state index < -0.39 is 0 Å². The minimum Gasteiger partial charge on any atom is -0.388 e. The fourth-order valence-electron chi connectivity index (χ4n) is 2.69. The van der Waals surface area contributed by atoms with Gasteiger partial charge in [0, 0.05) is 6.04 Å². The third kappa shape index (κ3) is 3.56. The Morgan fingerprint density at radius 3 is 2.61 bits per heavy atom. The van der Waals surface area contributed by atoms with Gasteiger partial charge in [-0.25, -0.2) is 0 Å². The smallest absolute Gasteiger partial charge is 0.0802 e. The summed E-state index contributed by atoms with van der Waals surface area (Å²) in [6.07, 6.45) is 5.80. The van der Waals surface area contributed by atoms with Gasteiger partial charge in [-0.3, -0.25) is 0 Å². The molecule has 1 aliphatic rings. The number of hydrogen-bond donors (Lipinski definition) is 2. The number of hydrogen-bond acceptors (Lipinski definition) is 2. The van der Waals surface area contributed by atoms with Crippen LogP contribution in [0, 0.1) is 13.8 Å². The van der Waals surface area contributed by atoms with Crippen molar-refractivity contribution in [2.45, 2.75) is 58.1 Å². The molecule has 1 aromatic carbocycles. The molecule has 0 amide bonds. The van der Waals surface area contributed by atoms with Crippen LogP contribution in [0.3, 0.4) is 0 Å². The molecule has 1 fully saturated rings. The highest BCUT2D eigenvalue weighted by atomic mass is 16.3. The molecule has 2 heteroatoms. The molecule has 1 unspecified atom stereocenters. The number of nitrogens with one attached hydrogen (secondary N) is 1. The van der Waals surface area contributed by atoms with E-state index in [0.29, 0.717) is 6.04 Å². The molecule has 2 N–H and O–H groups in total. The van der Waals surface area contributed by atoms with E-state index in [2.05, 4.69) is 31.3 Å². The molecule has 1 aliphatic carbocycles. The summed E-state index contributed by atoms with van der Waals surface area (Å²) in [4.78, 5) is 0. The van der Waals surface area contributed by atoms with Gasteiger partial charge in [0.1, 0.15) is 0 Å². The van der Waals surface area contributed by atoms with Crippen LogP contribution in [0.25, 0.3) is 0 Å². The Hall–Kier alpha value is -0.860. The lowest BCUT2D eigenvalue weighted by Gasteiger charge is -2.16. The number of aliphatic hydroxyl groups is 1. The zero-order valence-corrected chi connectivity index (χ0v) is 11.6. The first-order chi connectivity index (χ1) is 8.66. The van der Waals surface area contributed by atoms with E-state index in [1.54, 1.807) is 0 Å². The highest BCUT2D eigenvalue weighted by molar-refractivity contribution is 5.31. The minimum atomic E-state index is -0.335. The topological polar surface area (TPSA) is 32.3 Å². The average molecular weight is 247 g/mol. The van der Waals surface area contributed by atoms with Crippen LogP contribution in [0.5, 0.6) is 0 Å². The maximum atomic E-state index is 10.2. The van der Waals surface area contributed by atoms with Gasteiger partial charge in [0.15, 0.2) is 0 Å². The summed E-state index contributed by atoms with van der Waals surface area (Å²) in [5, 5.41) is 13.7. The van der Waals surface area contributed by atoms with Gasteiger partial charge in [0.05, 0.1) is 6.10 Å². The molecule has 0 spiro atoms. The molecule has 100 valence electrons. The lowest BCUT2D eigenvalue weighted by molar-refractivity contribution is 0.165. The fourth-order valence-corrected chi connectivity index (χ4v) is 2.69. The second kappa shape index (κ2) is 6.35. The average Bonchev–Trinajstić information content (AvgIpc) is 2.85. The Kier molecular flexibility index (Phi) is 4.79. The van der Waals surface area contributed by atoms with Crippen molar-refractivity contribution in [3.63, 3.8) is 0 Å². The number of aliphatic hydroxyl groups excluding tert-OH is 1. The zero-order chi connectivity index (χ0) is 13.0. The van der Waals surface area contributed by atoms with Crippen molar-refractivity contribution in [2.24, 2.45) is 0 Å². The second-order valence-electron chi connectivity index (χ2n) is 5.58. The molecular formula is C16H25NO. The predicted octanol–water partition coefficient (Wildman–Crippen LogP) is 3.26. The highest BCUT2D eigenvalue weighted by Gasteiger charge is 2.15. The molecule has 0 bridgehead atoms. The van der Waals surface area contributed by atoms with Gasteiger partial charge >= 0.3 is 0 Å². The first-order valence-electron chi connectivity index (χ1n) is 7.15. The summed E-state index contributed by atoms with van der Waals surface area (Å²) in [5.74, 6) is 0. The van der Waals surface area contributed by atoms with Crippen LogP contribution < -0.4 is 5.32 Å². The van der Waals surface area contributed by atoms with E-state index >= 15 is 0 Å². The Morgan fingerprint density at radius 2 is 1.94 bits per heavy atom. The summed E-state index contributed by atoms with van der Waals surface area (Å²) in [6.45, 7) is 5.12. The maximum Gasteiger partial charge on any atom is 0.0802 e. The summed E-state index contributed by atoms with van der Waals surface area (Å²) in [7, 11) is 0. The van der Waals surface area contributed by atoms with Gasteiger partial charge in [-0.15, -0.1) is 0 Å². The molecule has 2 nitrogen and oxygen atoms in total. The van der Waals surface area contributed by atoms with Crippen LogP contribution in [0.15, 0.2) is 18.2 Å². The van der Waals surface area contributed by atoms with Crippen molar-refractivity contribution in [1.29, 1.82) is 0 Å². The van der Waals surface area contributed by atoms with Gasteiger partial charge in [0.2, 0.25) is 0 Å². The molecule has 1 atom stereocenters. The van der Waals surface area contributed by atoms with Crippen LogP contribution in [-0.4, -0.2) is 17.7 Å². The summed E-state index contributed by atoms with van der Waals surface area (Å²) in [6, 6.07) is 6.94. The molecule has 0 saturated heterocycles. The van der Waals surface area contributed by atoms with E-state index in [1.807, 2.05) is 6.07 Å². The first-order valence-corrected chi connectivity index (χ1v) is 7.15. The molecule has 18 heavy (non-hydrogen) atoms. The molecule has 0 aromatic heterocycles. The maximum absolute atomic E-state index is 10.2. The van der Waals surface area contributed by atoms with Crippen molar-refractivity contribution >= 4 is 0 Å². The van der Waals surface area contributed by atoms with Gasteiger partial charge in [-0.05, 0) is 56.3 Å². The van der Waals surface area contributed by atoms with Crippen molar-refractivity contribution in [2.75, 3.05) is 6.54 Å². The number of benzene rings is 1. The van der Waals surface area contributed by atoms with Gasteiger partial charge in [-0.1, -0.05) is 31.0 Å². The Balaban J connectivity index is 1.79. The van der Waals surface area contributed by atoms with Crippen molar-refractivity contribution in [3.05, 3.63) is 34.9 Å². The molecule has 1 saturated carbocycles. The Labute approximate surface area is 110 Å². The number of rotatable bonds is 5. The lowest BCUT2D eigenvalue weighted by atomic mass is 10.0. The monoisotopic (exact) mass is 247 g/mol. The fraction of sp³-hybridized carbons (Fsp3) is 0.625. The normalized spacial score (nSPS) is 18.2. The van der Waals surface area contributed by atoms with E-state index in [0.717, 1.165) is 18.5 Å². The lowest BCUT2D eigenvalue weighted by Crippen LogP contribution is -2.27. The summed E-state index contributed by atoms with van der Waals surface area (Å²) < 4.78 is 0. The van der Waals surface area contributed by atoms with E-state index in [9.17, 15) is 5.11 Å². The molecule has 0 radical (unpaired) electrons. The molecule has 2 rings (SSSR count). The van der Waals surface area contributed by atoms with Crippen molar-refractivity contribution in [1.82, 2.24) is 5.32 Å². The highest BCUT2D eigenvalue weighted by Crippen LogP contribution is 2.21. The Bertz CT molecular complexity index is 383. The van der Waals surface area contributed by atoms with Gasteiger partial charge in [-0.2, -0.15) is 0 Å². The van der Waals surface area contributed by atoms with Gasteiger partial charge < -0.3 is 10.4 Å². The standard InChI is InChI=1S/C16H25NO/c1-12-7-8-14(11-13(12)2)16(18)9-10-17-15-5-3-4-6-15/h7-8,11,15-18H,3-6,9-10H2,1-2H3. The van der Waals surface area contributed by atoms with Crippen LogP contribution in [0.4, 0.5) is 0 Å².